The number of nitrogens with zero attached hydrogens (tertiary/aromatic N) is 1. The molecule has 0 aromatic carbocycles. The molecule has 1 aromatic rings. The van der Waals surface area contributed by atoms with Gasteiger partial charge in [-0.1, -0.05) is 0 Å². The fourth-order valence-electron chi connectivity index (χ4n) is 2.22. The van der Waals surface area contributed by atoms with Crippen LogP contribution in [0.4, 0.5) is 0 Å². The van der Waals surface area contributed by atoms with Gasteiger partial charge in [0.25, 0.3) is 0 Å². The van der Waals surface area contributed by atoms with Gasteiger partial charge < -0.3 is 10.5 Å². The molecule has 2 fully saturated rings. The molecule has 2 saturated carbocycles. The number of hydrogen-bond donors (Lipinski definition) is 1. The summed E-state index contributed by atoms with van der Waals surface area (Å²) in [6.07, 6.45) is 5.38. The maximum Gasteiger partial charge on any atom is 0.122 e. The molecule has 1 atom stereocenters. The minimum atomic E-state index is 0.225. The van der Waals surface area contributed by atoms with Gasteiger partial charge in [-0.05, 0) is 31.6 Å². The molecule has 3 rings (SSSR count). The smallest absolute Gasteiger partial charge is 0.122 e. The van der Waals surface area contributed by atoms with E-state index in [1.807, 2.05) is 0 Å². The van der Waals surface area contributed by atoms with E-state index in [2.05, 4.69) is 0 Å². The average molecular weight is 238 g/mol. The van der Waals surface area contributed by atoms with Crippen molar-refractivity contribution in [2.45, 2.75) is 44.2 Å². The van der Waals surface area contributed by atoms with Gasteiger partial charge >= 0.3 is 0 Å². The highest BCUT2D eigenvalue weighted by Gasteiger charge is 2.36. The van der Waals surface area contributed by atoms with E-state index in [1.165, 1.54) is 36.3 Å². The minimum absolute atomic E-state index is 0.225. The molecule has 2 N–H and O–H groups in total. The van der Waals surface area contributed by atoms with Crippen molar-refractivity contribution >= 4 is 11.3 Å². The fourth-order valence-corrected chi connectivity index (χ4v) is 3.42. The Kier molecular flexibility index (Phi) is 2.73. The van der Waals surface area contributed by atoms with Gasteiger partial charge in [0.2, 0.25) is 0 Å². The second-order valence-electron chi connectivity index (χ2n) is 4.83. The summed E-state index contributed by atoms with van der Waals surface area (Å²) in [5.41, 5.74) is 7.06. The summed E-state index contributed by atoms with van der Waals surface area (Å²) < 4.78 is 5.58. The molecular formula is C12H18N2OS. The Balaban J connectivity index is 1.88. The van der Waals surface area contributed by atoms with Crippen LogP contribution < -0.4 is 5.73 Å². The van der Waals surface area contributed by atoms with Gasteiger partial charge in [0.15, 0.2) is 0 Å². The summed E-state index contributed by atoms with van der Waals surface area (Å²) in [4.78, 5) is 6.07. The SMILES string of the molecule is COC(c1nc(C2CC2)c(CN)s1)C1CC1. The van der Waals surface area contributed by atoms with Crippen LogP contribution in [0.5, 0.6) is 0 Å². The maximum atomic E-state index is 5.79. The van der Waals surface area contributed by atoms with Crippen LogP contribution in [0.3, 0.4) is 0 Å². The Morgan fingerprint density at radius 2 is 2.19 bits per heavy atom. The Bertz CT molecular complexity index is 382. The van der Waals surface area contributed by atoms with Crippen molar-refractivity contribution in [3.05, 3.63) is 15.6 Å². The molecule has 0 saturated heterocycles. The highest BCUT2D eigenvalue weighted by atomic mass is 32.1. The molecule has 1 heterocycles. The van der Waals surface area contributed by atoms with E-state index in [9.17, 15) is 0 Å². The Labute approximate surface area is 100 Å². The first-order valence-corrected chi connectivity index (χ1v) is 6.87. The lowest BCUT2D eigenvalue weighted by molar-refractivity contribution is 0.0842. The molecule has 0 spiro atoms. The molecule has 0 amide bonds. The summed E-state index contributed by atoms with van der Waals surface area (Å²) in [7, 11) is 1.79. The molecule has 0 bridgehead atoms. The van der Waals surface area contributed by atoms with Gasteiger partial charge in [-0.2, -0.15) is 0 Å². The van der Waals surface area contributed by atoms with Crippen molar-refractivity contribution in [2.75, 3.05) is 7.11 Å². The lowest BCUT2D eigenvalue weighted by Crippen LogP contribution is -2.03. The van der Waals surface area contributed by atoms with Gasteiger partial charge in [0, 0.05) is 24.4 Å². The molecule has 2 aliphatic carbocycles. The van der Waals surface area contributed by atoms with Crippen molar-refractivity contribution in [1.82, 2.24) is 4.98 Å². The third kappa shape index (κ3) is 1.90. The molecule has 0 radical (unpaired) electrons. The van der Waals surface area contributed by atoms with Crippen LogP contribution in [0.15, 0.2) is 0 Å². The molecule has 4 heteroatoms. The van der Waals surface area contributed by atoms with Gasteiger partial charge in [0.05, 0.1) is 5.69 Å². The van der Waals surface area contributed by atoms with Crippen molar-refractivity contribution in [3.8, 4) is 0 Å². The van der Waals surface area contributed by atoms with Gasteiger partial charge in [-0.3, -0.25) is 0 Å². The normalized spacial score (nSPS) is 22.4. The quantitative estimate of drug-likeness (QED) is 0.857. The zero-order valence-corrected chi connectivity index (χ0v) is 10.4. The van der Waals surface area contributed by atoms with Crippen molar-refractivity contribution in [1.29, 1.82) is 0 Å². The van der Waals surface area contributed by atoms with Crippen molar-refractivity contribution in [3.63, 3.8) is 0 Å². The number of aromatic nitrogens is 1. The lowest BCUT2D eigenvalue weighted by atomic mass is 10.2. The molecule has 16 heavy (non-hydrogen) atoms. The van der Waals surface area contributed by atoms with Crippen LogP contribution >= 0.6 is 11.3 Å². The summed E-state index contributed by atoms with van der Waals surface area (Å²) in [6.45, 7) is 0.630. The number of methoxy groups -OCH3 is 1. The summed E-state index contributed by atoms with van der Waals surface area (Å²) in [5, 5.41) is 1.16. The van der Waals surface area contributed by atoms with E-state index in [1.54, 1.807) is 18.4 Å². The van der Waals surface area contributed by atoms with E-state index in [-0.39, 0.29) is 6.10 Å². The number of rotatable bonds is 5. The number of hydrogen-bond acceptors (Lipinski definition) is 4. The third-order valence-corrected chi connectivity index (χ3v) is 4.60. The molecule has 88 valence electrons. The molecule has 1 unspecified atom stereocenters. The number of ether oxygens (including phenoxy) is 1. The second-order valence-corrected chi connectivity index (χ2v) is 5.95. The predicted molar refractivity (Wildman–Crippen MR) is 64.5 cm³/mol. The summed E-state index contributed by atoms with van der Waals surface area (Å²) in [6, 6.07) is 0. The van der Waals surface area contributed by atoms with Gasteiger partial charge in [-0.15, -0.1) is 11.3 Å². The fraction of sp³-hybridized carbons (Fsp3) is 0.750. The Morgan fingerprint density at radius 1 is 1.44 bits per heavy atom. The van der Waals surface area contributed by atoms with Crippen molar-refractivity contribution in [2.24, 2.45) is 11.7 Å². The zero-order valence-electron chi connectivity index (χ0n) is 9.61. The van der Waals surface area contributed by atoms with E-state index >= 15 is 0 Å². The molecular weight excluding hydrogens is 220 g/mol. The third-order valence-electron chi connectivity index (χ3n) is 3.44. The summed E-state index contributed by atoms with van der Waals surface area (Å²) in [5.74, 6) is 1.40. The summed E-state index contributed by atoms with van der Waals surface area (Å²) >= 11 is 1.77. The van der Waals surface area contributed by atoms with E-state index in [0.717, 1.165) is 5.01 Å². The van der Waals surface area contributed by atoms with Crippen LogP contribution in [-0.4, -0.2) is 12.1 Å². The Morgan fingerprint density at radius 3 is 2.69 bits per heavy atom. The lowest BCUT2D eigenvalue weighted by Gasteiger charge is -2.10. The first kappa shape index (κ1) is 10.7. The van der Waals surface area contributed by atoms with Gasteiger partial charge in [0.1, 0.15) is 11.1 Å². The largest absolute Gasteiger partial charge is 0.374 e. The monoisotopic (exact) mass is 238 g/mol. The first-order valence-electron chi connectivity index (χ1n) is 6.05. The molecule has 3 nitrogen and oxygen atoms in total. The molecule has 2 aliphatic rings. The maximum absolute atomic E-state index is 5.79. The van der Waals surface area contributed by atoms with Crippen molar-refractivity contribution < 1.29 is 4.74 Å². The highest BCUT2D eigenvalue weighted by Crippen LogP contribution is 2.47. The van der Waals surface area contributed by atoms with Crippen LogP contribution in [0, 0.1) is 5.92 Å². The van der Waals surface area contributed by atoms with Crippen LogP contribution in [-0.2, 0) is 11.3 Å². The highest BCUT2D eigenvalue weighted by molar-refractivity contribution is 7.11. The average Bonchev–Trinajstić information content (AvgIpc) is 3.18. The molecule has 0 aliphatic heterocycles. The zero-order chi connectivity index (χ0) is 11.1. The number of thiazole rings is 1. The first-order chi connectivity index (χ1) is 7.83. The standard InChI is InChI=1S/C12H18N2OS/c1-15-11(8-4-5-8)12-14-10(7-2-3-7)9(6-13)16-12/h7-8,11H,2-6,13H2,1H3. The predicted octanol–water partition coefficient (Wildman–Crippen LogP) is 2.58. The Hall–Kier alpha value is -0.450. The minimum Gasteiger partial charge on any atom is -0.374 e. The van der Waals surface area contributed by atoms with Crippen LogP contribution in [0.1, 0.15) is 53.3 Å². The van der Waals surface area contributed by atoms with Crippen LogP contribution in [0.25, 0.3) is 0 Å². The molecule has 1 aromatic heterocycles. The van der Waals surface area contributed by atoms with Crippen LogP contribution in [0.2, 0.25) is 0 Å². The topological polar surface area (TPSA) is 48.1 Å². The second kappa shape index (κ2) is 4.09. The van der Waals surface area contributed by atoms with E-state index in [0.29, 0.717) is 18.4 Å². The number of nitrogens with two attached hydrogens (primary N) is 1. The van der Waals surface area contributed by atoms with Gasteiger partial charge in [-0.25, -0.2) is 4.98 Å². The van der Waals surface area contributed by atoms with E-state index < -0.39 is 0 Å². The van der Waals surface area contributed by atoms with E-state index in [4.69, 9.17) is 15.5 Å².